The third-order valence-electron chi connectivity index (χ3n) is 3.51. The van der Waals surface area contributed by atoms with E-state index in [0.29, 0.717) is 21.7 Å². The van der Waals surface area contributed by atoms with E-state index < -0.39 is 6.10 Å². The van der Waals surface area contributed by atoms with Gasteiger partial charge in [-0.15, -0.1) is 0 Å². The van der Waals surface area contributed by atoms with E-state index in [4.69, 9.17) is 27.9 Å². The number of halogens is 2. The molecule has 0 bridgehead atoms. The second kappa shape index (κ2) is 6.68. The molecule has 110 valence electrons. The zero-order valence-corrected chi connectivity index (χ0v) is 13.2. The minimum atomic E-state index is -0.543. The molecule has 1 aliphatic rings. The first-order chi connectivity index (χ1) is 9.47. The molecule has 0 N–H and O–H groups in total. The van der Waals surface area contributed by atoms with Crippen LogP contribution in [-0.4, -0.2) is 30.0 Å². The summed E-state index contributed by atoms with van der Waals surface area (Å²) in [4.78, 5) is 14.2. The first-order valence-electron chi connectivity index (χ1n) is 6.88. The van der Waals surface area contributed by atoms with Gasteiger partial charge in [0.2, 0.25) is 0 Å². The van der Waals surface area contributed by atoms with E-state index in [2.05, 4.69) is 6.92 Å². The number of amides is 1. The van der Waals surface area contributed by atoms with Gasteiger partial charge in [-0.1, -0.05) is 30.1 Å². The molecular weight excluding hydrogens is 297 g/mol. The fourth-order valence-corrected chi connectivity index (χ4v) is 2.91. The highest BCUT2D eigenvalue weighted by Crippen LogP contribution is 2.28. The minimum absolute atomic E-state index is 0.0163. The smallest absolute Gasteiger partial charge is 0.263 e. The Morgan fingerprint density at radius 1 is 1.45 bits per heavy atom. The molecule has 1 heterocycles. The summed E-state index contributed by atoms with van der Waals surface area (Å²) in [5.41, 5.74) is 0. The van der Waals surface area contributed by atoms with Gasteiger partial charge in [0.05, 0.1) is 5.02 Å². The summed E-state index contributed by atoms with van der Waals surface area (Å²) in [7, 11) is 0. The molecule has 2 unspecified atom stereocenters. The Morgan fingerprint density at radius 3 is 2.85 bits per heavy atom. The topological polar surface area (TPSA) is 29.5 Å². The van der Waals surface area contributed by atoms with Crippen LogP contribution in [0, 0.1) is 5.92 Å². The number of carbonyl (C=O) groups is 1. The molecule has 0 saturated carbocycles. The molecule has 1 fully saturated rings. The maximum atomic E-state index is 12.4. The average Bonchev–Trinajstić information content (AvgIpc) is 2.41. The van der Waals surface area contributed by atoms with E-state index in [-0.39, 0.29) is 5.91 Å². The van der Waals surface area contributed by atoms with E-state index in [1.165, 1.54) is 6.42 Å². The Labute approximate surface area is 129 Å². The zero-order valence-electron chi connectivity index (χ0n) is 11.7. The van der Waals surface area contributed by atoms with Gasteiger partial charge in [0.15, 0.2) is 6.10 Å². The largest absolute Gasteiger partial charge is 0.479 e. The zero-order chi connectivity index (χ0) is 14.7. The van der Waals surface area contributed by atoms with Crippen molar-refractivity contribution in [1.82, 2.24) is 4.90 Å². The van der Waals surface area contributed by atoms with Crippen molar-refractivity contribution in [3.8, 4) is 5.75 Å². The predicted octanol–water partition coefficient (Wildman–Crippen LogP) is 4.02. The lowest BCUT2D eigenvalue weighted by Crippen LogP contribution is -2.45. The summed E-state index contributed by atoms with van der Waals surface area (Å²) in [5.74, 6) is 1.06. The number of nitrogens with zero attached hydrogens (tertiary/aromatic N) is 1. The molecule has 1 aromatic rings. The third-order valence-corrected chi connectivity index (χ3v) is 4.04. The monoisotopic (exact) mass is 315 g/mol. The highest BCUT2D eigenvalue weighted by molar-refractivity contribution is 6.35. The van der Waals surface area contributed by atoms with Gasteiger partial charge in [0.25, 0.3) is 5.91 Å². The second-order valence-corrected chi connectivity index (χ2v) is 6.21. The second-order valence-electron chi connectivity index (χ2n) is 5.37. The first kappa shape index (κ1) is 15.5. The van der Waals surface area contributed by atoms with Crippen molar-refractivity contribution in [1.29, 1.82) is 0 Å². The normalized spacial score (nSPS) is 20.6. The Balaban J connectivity index is 2.00. The first-order valence-corrected chi connectivity index (χ1v) is 7.63. The summed E-state index contributed by atoms with van der Waals surface area (Å²) in [6.45, 7) is 5.54. The van der Waals surface area contributed by atoms with E-state index in [1.807, 2.05) is 4.90 Å². The van der Waals surface area contributed by atoms with Crippen molar-refractivity contribution in [3.63, 3.8) is 0 Å². The quantitative estimate of drug-likeness (QED) is 0.843. The van der Waals surface area contributed by atoms with Gasteiger partial charge in [-0.25, -0.2) is 0 Å². The molecule has 20 heavy (non-hydrogen) atoms. The SMILES string of the molecule is CC1CCCN(C(=O)C(C)Oc2ccc(Cl)cc2Cl)C1. The van der Waals surface area contributed by atoms with E-state index in [9.17, 15) is 4.79 Å². The van der Waals surface area contributed by atoms with Gasteiger partial charge in [-0.3, -0.25) is 4.79 Å². The van der Waals surface area contributed by atoms with Crippen molar-refractivity contribution >= 4 is 29.1 Å². The summed E-state index contributed by atoms with van der Waals surface area (Å²) < 4.78 is 5.67. The Hall–Kier alpha value is -0.930. The molecule has 3 nitrogen and oxygen atoms in total. The standard InChI is InChI=1S/C15H19Cl2NO2/c1-10-4-3-7-18(9-10)15(19)11(2)20-14-6-5-12(16)8-13(14)17/h5-6,8,10-11H,3-4,7,9H2,1-2H3. The lowest BCUT2D eigenvalue weighted by molar-refractivity contribution is -0.139. The third kappa shape index (κ3) is 3.80. The van der Waals surface area contributed by atoms with E-state index >= 15 is 0 Å². The molecule has 0 aliphatic carbocycles. The number of benzene rings is 1. The Bertz CT molecular complexity index is 493. The van der Waals surface area contributed by atoms with Crippen molar-refractivity contribution in [2.75, 3.05) is 13.1 Å². The van der Waals surface area contributed by atoms with Crippen molar-refractivity contribution in [3.05, 3.63) is 28.2 Å². The molecule has 1 saturated heterocycles. The lowest BCUT2D eigenvalue weighted by Gasteiger charge is -2.32. The number of piperidine rings is 1. The highest BCUT2D eigenvalue weighted by Gasteiger charge is 2.26. The summed E-state index contributed by atoms with van der Waals surface area (Å²) in [6.07, 6.45) is 1.70. The predicted molar refractivity (Wildman–Crippen MR) is 81.5 cm³/mol. The van der Waals surface area contributed by atoms with Crippen LogP contribution in [0.1, 0.15) is 26.7 Å². The van der Waals surface area contributed by atoms with Crippen molar-refractivity contribution in [2.24, 2.45) is 5.92 Å². The van der Waals surface area contributed by atoms with Crippen LogP contribution in [0.2, 0.25) is 10.0 Å². The van der Waals surface area contributed by atoms with Crippen LogP contribution in [0.3, 0.4) is 0 Å². The number of carbonyl (C=O) groups excluding carboxylic acids is 1. The minimum Gasteiger partial charge on any atom is -0.479 e. The van der Waals surface area contributed by atoms with Gasteiger partial charge >= 0.3 is 0 Å². The van der Waals surface area contributed by atoms with Gasteiger partial charge in [0.1, 0.15) is 5.75 Å². The van der Waals surface area contributed by atoms with Crippen molar-refractivity contribution < 1.29 is 9.53 Å². The molecule has 0 aromatic heterocycles. The van der Waals surface area contributed by atoms with Gasteiger partial charge in [-0.05, 0) is 43.9 Å². The van der Waals surface area contributed by atoms with Crippen LogP contribution < -0.4 is 4.74 Å². The van der Waals surface area contributed by atoms with Crippen LogP contribution in [0.5, 0.6) is 5.75 Å². The molecule has 0 radical (unpaired) electrons. The molecule has 1 amide bonds. The Morgan fingerprint density at radius 2 is 2.20 bits per heavy atom. The Kier molecular flexibility index (Phi) is 5.17. The van der Waals surface area contributed by atoms with Gasteiger partial charge in [0, 0.05) is 18.1 Å². The fourth-order valence-electron chi connectivity index (χ4n) is 2.46. The molecule has 2 atom stereocenters. The summed E-state index contributed by atoms with van der Waals surface area (Å²) in [5, 5.41) is 0.968. The maximum absolute atomic E-state index is 12.4. The van der Waals surface area contributed by atoms with Crippen molar-refractivity contribution in [2.45, 2.75) is 32.8 Å². The number of rotatable bonds is 3. The maximum Gasteiger partial charge on any atom is 0.263 e. The molecule has 1 aliphatic heterocycles. The van der Waals surface area contributed by atoms with Crippen LogP contribution in [-0.2, 0) is 4.79 Å². The summed E-state index contributed by atoms with van der Waals surface area (Å²) in [6, 6.07) is 4.99. The number of ether oxygens (including phenoxy) is 1. The molecule has 1 aromatic carbocycles. The van der Waals surface area contributed by atoms with Gasteiger partial charge in [-0.2, -0.15) is 0 Å². The summed E-state index contributed by atoms with van der Waals surface area (Å²) >= 11 is 11.9. The van der Waals surface area contributed by atoms with Gasteiger partial charge < -0.3 is 9.64 Å². The van der Waals surface area contributed by atoms with Crippen LogP contribution in [0.15, 0.2) is 18.2 Å². The molecule has 0 spiro atoms. The van der Waals surface area contributed by atoms with E-state index in [1.54, 1.807) is 25.1 Å². The number of likely N-dealkylation sites (tertiary alicyclic amines) is 1. The lowest BCUT2D eigenvalue weighted by atomic mass is 10.00. The van der Waals surface area contributed by atoms with E-state index in [0.717, 1.165) is 19.5 Å². The fraction of sp³-hybridized carbons (Fsp3) is 0.533. The molecular formula is C15H19Cl2NO2. The number of hydrogen-bond donors (Lipinski definition) is 0. The molecule has 5 heteroatoms. The van der Waals surface area contributed by atoms with Crippen LogP contribution >= 0.6 is 23.2 Å². The van der Waals surface area contributed by atoms with Crippen LogP contribution in [0.25, 0.3) is 0 Å². The number of hydrogen-bond acceptors (Lipinski definition) is 2. The van der Waals surface area contributed by atoms with Crippen LogP contribution in [0.4, 0.5) is 0 Å². The average molecular weight is 316 g/mol. The highest BCUT2D eigenvalue weighted by atomic mass is 35.5. The molecule has 2 rings (SSSR count).